The van der Waals surface area contributed by atoms with Gasteiger partial charge in [0.05, 0.1) is 27.2 Å². The van der Waals surface area contributed by atoms with Gasteiger partial charge in [-0.15, -0.1) is 0 Å². The van der Waals surface area contributed by atoms with Gasteiger partial charge < -0.3 is 19.1 Å². The predicted octanol–water partition coefficient (Wildman–Crippen LogP) is 3.83. The fraction of sp³-hybridized carbons (Fsp3) is 0.545. The molecule has 1 aromatic rings. The van der Waals surface area contributed by atoms with Crippen LogP contribution in [0.3, 0.4) is 0 Å². The molecule has 154 valence electrons. The summed E-state index contributed by atoms with van der Waals surface area (Å²) in [5.41, 5.74) is 0.852. The molecule has 1 aromatic carbocycles. The zero-order valence-corrected chi connectivity index (χ0v) is 17.1. The number of benzene rings is 1. The number of carbonyl (C=O) groups excluding carboxylic acids is 2. The number of hydrogen-bond donors (Lipinski definition) is 0. The minimum Gasteiger partial charge on any atom is -0.493 e. The number of hydrogen-bond acceptors (Lipinski definition) is 5. The van der Waals surface area contributed by atoms with Gasteiger partial charge in [-0.2, -0.15) is 0 Å². The van der Waals surface area contributed by atoms with E-state index in [9.17, 15) is 9.59 Å². The highest BCUT2D eigenvalue weighted by atomic mass is 16.5. The Morgan fingerprint density at radius 3 is 2.54 bits per heavy atom. The molecule has 0 bridgehead atoms. The molecule has 0 radical (unpaired) electrons. The third kappa shape index (κ3) is 6.29. The van der Waals surface area contributed by atoms with Gasteiger partial charge in [0.2, 0.25) is 5.91 Å². The van der Waals surface area contributed by atoms with Gasteiger partial charge in [-0.05, 0) is 43.5 Å². The summed E-state index contributed by atoms with van der Waals surface area (Å²) in [6.07, 6.45) is 8.96. The number of carbonyl (C=O) groups is 2. The van der Waals surface area contributed by atoms with Gasteiger partial charge >= 0.3 is 5.97 Å². The van der Waals surface area contributed by atoms with Crippen LogP contribution in [0.2, 0.25) is 0 Å². The lowest BCUT2D eigenvalue weighted by Gasteiger charge is -2.33. The third-order valence-electron chi connectivity index (χ3n) is 4.99. The molecule has 2 rings (SSSR count). The van der Waals surface area contributed by atoms with Crippen LogP contribution in [0.15, 0.2) is 24.3 Å². The van der Waals surface area contributed by atoms with E-state index < -0.39 is 0 Å². The van der Waals surface area contributed by atoms with E-state index in [2.05, 4.69) is 0 Å². The van der Waals surface area contributed by atoms with E-state index in [1.807, 2.05) is 30.0 Å². The largest absolute Gasteiger partial charge is 0.493 e. The van der Waals surface area contributed by atoms with Crippen LogP contribution < -0.4 is 9.47 Å². The maximum Gasteiger partial charge on any atom is 0.307 e. The predicted molar refractivity (Wildman–Crippen MR) is 108 cm³/mol. The molecule has 1 aliphatic carbocycles. The summed E-state index contributed by atoms with van der Waals surface area (Å²) < 4.78 is 15.6. The zero-order chi connectivity index (χ0) is 20.4. The molecular weight excluding hydrogens is 358 g/mol. The second-order valence-corrected chi connectivity index (χ2v) is 6.83. The SMILES string of the molecule is CCOc1ccc(/C=C/C(=O)N(CCC(=O)OC)C2CCCCC2)cc1OC. The Hall–Kier alpha value is -2.50. The monoisotopic (exact) mass is 389 g/mol. The smallest absolute Gasteiger partial charge is 0.307 e. The second kappa shape index (κ2) is 11.4. The molecule has 0 N–H and O–H groups in total. The summed E-state index contributed by atoms with van der Waals surface area (Å²) in [6, 6.07) is 5.75. The molecule has 6 heteroatoms. The molecule has 0 atom stereocenters. The lowest BCUT2D eigenvalue weighted by Crippen LogP contribution is -2.41. The third-order valence-corrected chi connectivity index (χ3v) is 4.99. The molecule has 1 amide bonds. The molecule has 1 fully saturated rings. The Kier molecular flexibility index (Phi) is 8.85. The average molecular weight is 389 g/mol. The van der Waals surface area contributed by atoms with Crippen LogP contribution in [-0.2, 0) is 14.3 Å². The first-order chi connectivity index (χ1) is 13.6. The van der Waals surface area contributed by atoms with Crippen LogP contribution in [0, 0.1) is 0 Å². The maximum atomic E-state index is 12.9. The fourth-order valence-corrected chi connectivity index (χ4v) is 3.51. The van der Waals surface area contributed by atoms with Crippen LogP contribution in [-0.4, -0.2) is 50.2 Å². The molecule has 0 unspecified atom stereocenters. The van der Waals surface area contributed by atoms with Gasteiger partial charge in [-0.25, -0.2) is 0 Å². The molecule has 6 nitrogen and oxygen atoms in total. The Labute approximate surface area is 167 Å². The minimum absolute atomic E-state index is 0.0799. The number of amides is 1. The van der Waals surface area contributed by atoms with Crippen molar-refractivity contribution >= 4 is 18.0 Å². The summed E-state index contributed by atoms with van der Waals surface area (Å²) in [5, 5.41) is 0. The molecule has 0 saturated heterocycles. The summed E-state index contributed by atoms with van der Waals surface area (Å²) in [5.74, 6) is 0.930. The van der Waals surface area contributed by atoms with Gasteiger partial charge in [0.25, 0.3) is 0 Å². The molecule has 0 aromatic heterocycles. The molecule has 0 aliphatic heterocycles. The van der Waals surface area contributed by atoms with E-state index in [1.165, 1.54) is 13.5 Å². The first kappa shape index (κ1) is 21.8. The lowest BCUT2D eigenvalue weighted by molar-refractivity contribution is -0.141. The highest BCUT2D eigenvalue weighted by molar-refractivity contribution is 5.92. The quantitative estimate of drug-likeness (QED) is 0.474. The summed E-state index contributed by atoms with van der Waals surface area (Å²) in [4.78, 5) is 26.2. The van der Waals surface area contributed by atoms with Crippen molar-refractivity contribution < 1.29 is 23.8 Å². The van der Waals surface area contributed by atoms with Crippen molar-refractivity contribution in [2.75, 3.05) is 27.4 Å². The van der Waals surface area contributed by atoms with Crippen molar-refractivity contribution in [1.82, 2.24) is 4.90 Å². The number of methoxy groups -OCH3 is 2. The summed E-state index contributed by atoms with van der Waals surface area (Å²) >= 11 is 0. The minimum atomic E-state index is -0.297. The Bertz CT molecular complexity index is 680. The van der Waals surface area contributed by atoms with Gasteiger partial charge in [-0.1, -0.05) is 25.3 Å². The Balaban J connectivity index is 2.11. The molecular formula is C22H31NO5. The maximum absolute atomic E-state index is 12.9. The van der Waals surface area contributed by atoms with Gasteiger partial charge in [-0.3, -0.25) is 9.59 Å². The summed E-state index contributed by atoms with van der Waals surface area (Å²) in [6.45, 7) is 2.85. The van der Waals surface area contributed by atoms with Crippen molar-refractivity contribution in [3.05, 3.63) is 29.8 Å². The first-order valence-electron chi connectivity index (χ1n) is 9.95. The standard InChI is InChI=1S/C22H31NO5/c1-4-28-19-12-10-17(16-20(19)26-2)11-13-21(24)23(15-14-22(25)27-3)18-8-6-5-7-9-18/h10-13,16,18H,4-9,14-15H2,1-3H3/b13-11+. The van der Waals surface area contributed by atoms with Crippen LogP contribution in [0.25, 0.3) is 6.08 Å². The van der Waals surface area contributed by atoms with Crippen molar-refractivity contribution in [1.29, 1.82) is 0 Å². The van der Waals surface area contributed by atoms with E-state index in [4.69, 9.17) is 14.2 Å². The second-order valence-electron chi connectivity index (χ2n) is 6.83. The average Bonchev–Trinajstić information content (AvgIpc) is 2.73. The van der Waals surface area contributed by atoms with Crippen molar-refractivity contribution in [3.8, 4) is 11.5 Å². The van der Waals surface area contributed by atoms with E-state index >= 15 is 0 Å². The molecule has 1 aliphatic rings. The van der Waals surface area contributed by atoms with E-state index in [1.54, 1.807) is 19.3 Å². The van der Waals surface area contributed by atoms with Crippen LogP contribution >= 0.6 is 0 Å². The number of nitrogens with zero attached hydrogens (tertiary/aromatic N) is 1. The van der Waals surface area contributed by atoms with E-state index in [0.29, 0.717) is 24.7 Å². The normalized spacial score (nSPS) is 14.7. The number of ether oxygens (including phenoxy) is 3. The van der Waals surface area contributed by atoms with Crippen LogP contribution in [0.5, 0.6) is 11.5 Å². The highest BCUT2D eigenvalue weighted by Gasteiger charge is 2.24. The highest BCUT2D eigenvalue weighted by Crippen LogP contribution is 2.29. The Morgan fingerprint density at radius 2 is 1.89 bits per heavy atom. The first-order valence-corrected chi connectivity index (χ1v) is 9.95. The van der Waals surface area contributed by atoms with Crippen LogP contribution in [0.4, 0.5) is 0 Å². The zero-order valence-electron chi connectivity index (χ0n) is 17.1. The topological polar surface area (TPSA) is 65.1 Å². The van der Waals surface area contributed by atoms with E-state index in [-0.39, 0.29) is 24.3 Å². The van der Waals surface area contributed by atoms with Gasteiger partial charge in [0.15, 0.2) is 11.5 Å². The van der Waals surface area contributed by atoms with Gasteiger partial charge in [0.1, 0.15) is 0 Å². The van der Waals surface area contributed by atoms with E-state index in [0.717, 1.165) is 31.2 Å². The molecule has 1 saturated carbocycles. The van der Waals surface area contributed by atoms with Crippen molar-refractivity contribution in [2.45, 2.75) is 51.5 Å². The molecule has 28 heavy (non-hydrogen) atoms. The van der Waals surface area contributed by atoms with Gasteiger partial charge in [0, 0.05) is 18.7 Å². The number of esters is 1. The summed E-state index contributed by atoms with van der Waals surface area (Å²) in [7, 11) is 2.96. The van der Waals surface area contributed by atoms with Crippen LogP contribution in [0.1, 0.15) is 51.0 Å². The van der Waals surface area contributed by atoms with Crippen molar-refractivity contribution in [3.63, 3.8) is 0 Å². The Morgan fingerprint density at radius 1 is 1.14 bits per heavy atom. The fourth-order valence-electron chi connectivity index (χ4n) is 3.51. The lowest BCUT2D eigenvalue weighted by atomic mass is 9.94. The van der Waals surface area contributed by atoms with Crippen molar-refractivity contribution in [2.24, 2.45) is 0 Å². The number of rotatable bonds is 9. The molecule has 0 heterocycles. The molecule has 0 spiro atoms.